The molecule has 2 aromatic heterocycles. The van der Waals surface area contributed by atoms with Gasteiger partial charge in [0.2, 0.25) is 0 Å². The number of amides is 1. The second kappa shape index (κ2) is 9.20. The molecule has 0 bridgehead atoms. The SMILES string of the molecule is COCCOC1CCC(NC(=O)c2ccc(-c3nccc4occc34)cc2)CC1. The zero-order chi connectivity index (χ0) is 20.1. The van der Waals surface area contributed by atoms with Crippen LogP contribution in [0.4, 0.5) is 0 Å². The van der Waals surface area contributed by atoms with E-state index in [9.17, 15) is 4.79 Å². The number of aromatic nitrogens is 1. The Morgan fingerprint density at radius 3 is 2.66 bits per heavy atom. The molecule has 1 fully saturated rings. The number of nitrogens with zero attached hydrogens (tertiary/aromatic N) is 1. The summed E-state index contributed by atoms with van der Waals surface area (Å²) in [5, 5.41) is 4.12. The van der Waals surface area contributed by atoms with E-state index in [2.05, 4.69) is 10.3 Å². The predicted octanol–water partition coefficient (Wildman–Crippen LogP) is 4.20. The molecule has 0 aliphatic heterocycles. The second-order valence-electron chi connectivity index (χ2n) is 7.38. The van der Waals surface area contributed by atoms with Crippen molar-refractivity contribution < 1.29 is 18.7 Å². The third kappa shape index (κ3) is 4.66. The van der Waals surface area contributed by atoms with Crippen LogP contribution in [0.1, 0.15) is 36.0 Å². The minimum absolute atomic E-state index is 0.0326. The number of carbonyl (C=O) groups excluding carboxylic acids is 1. The molecule has 2 heterocycles. The number of carbonyl (C=O) groups is 1. The molecule has 0 unspecified atom stereocenters. The Kier molecular flexibility index (Phi) is 6.22. The molecule has 152 valence electrons. The van der Waals surface area contributed by atoms with Crippen molar-refractivity contribution in [2.24, 2.45) is 0 Å². The molecule has 1 amide bonds. The number of rotatable bonds is 7. The van der Waals surface area contributed by atoms with Crippen LogP contribution in [-0.4, -0.2) is 43.4 Å². The molecule has 0 atom stereocenters. The van der Waals surface area contributed by atoms with Crippen LogP contribution in [0.2, 0.25) is 0 Å². The highest BCUT2D eigenvalue weighted by Crippen LogP contribution is 2.27. The monoisotopic (exact) mass is 394 g/mol. The van der Waals surface area contributed by atoms with Gasteiger partial charge in [0.15, 0.2) is 0 Å². The minimum atomic E-state index is -0.0326. The van der Waals surface area contributed by atoms with E-state index in [0.717, 1.165) is 47.9 Å². The van der Waals surface area contributed by atoms with Crippen LogP contribution in [-0.2, 0) is 9.47 Å². The number of benzene rings is 1. The number of pyridine rings is 1. The van der Waals surface area contributed by atoms with E-state index in [1.165, 1.54) is 0 Å². The topological polar surface area (TPSA) is 73.6 Å². The van der Waals surface area contributed by atoms with Crippen LogP contribution in [0.5, 0.6) is 0 Å². The van der Waals surface area contributed by atoms with Crippen molar-refractivity contribution in [2.75, 3.05) is 20.3 Å². The first kappa shape index (κ1) is 19.6. The Labute approximate surface area is 170 Å². The van der Waals surface area contributed by atoms with E-state index in [1.807, 2.05) is 36.4 Å². The zero-order valence-corrected chi connectivity index (χ0v) is 16.6. The number of fused-ring (bicyclic) bond motifs is 1. The molecule has 1 aromatic carbocycles. The van der Waals surface area contributed by atoms with Gasteiger partial charge in [0, 0.05) is 35.9 Å². The van der Waals surface area contributed by atoms with Gasteiger partial charge in [-0.1, -0.05) is 12.1 Å². The van der Waals surface area contributed by atoms with Gasteiger partial charge in [-0.3, -0.25) is 9.78 Å². The Hall–Kier alpha value is -2.70. The molecule has 0 spiro atoms. The van der Waals surface area contributed by atoms with Crippen molar-refractivity contribution in [1.29, 1.82) is 0 Å². The van der Waals surface area contributed by atoms with Gasteiger partial charge in [-0.05, 0) is 49.9 Å². The highest BCUT2D eigenvalue weighted by Gasteiger charge is 2.23. The predicted molar refractivity (Wildman–Crippen MR) is 111 cm³/mol. The standard InChI is InChI=1S/C23H26N2O4/c1-27-14-15-28-19-8-6-18(7-9-19)25-23(26)17-4-2-16(3-5-17)22-20-11-13-29-21(20)10-12-24-22/h2-5,10-13,18-19H,6-9,14-15H2,1H3,(H,25,26). The molecule has 29 heavy (non-hydrogen) atoms. The summed E-state index contributed by atoms with van der Waals surface area (Å²) in [5.74, 6) is -0.0326. The maximum atomic E-state index is 12.6. The Bertz CT molecular complexity index is 943. The molecule has 6 heteroatoms. The maximum absolute atomic E-state index is 12.6. The summed E-state index contributed by atoms with van der Waals surface area (Å²) in [5.41, 5.74) is 3.28. The Morgan fingerprint density at radius 1 is 1.10 bits per heavy atom. The average Bonchev–Trinajstić information content (AvgIpc) is 3.24. The lowest BCUT2D eigenvalue weighted by Gasteiger charge is -2.29. The van der Waals surface area contributed by atoms with Crippen LogP contribution in [0, 0.1) is 0 Å². The average molecular weight is 394 g/mol. The maximum Gasteiger partial charge on any atom is 0.251 e. The van der Waals surface area contributed by atoms with Gasteiger partial charge in [0.25, 0.3) is 5.91 Å². The molecule has 0 saturated heterocycles. The molecular weight excluding hydrogens is 368 g/mol. The molecule has 1 aliphatic rings. The summed E-state index contributed by atoms with van der Waals surface area (Å²) in [6.07, 6.45) is 7.48. The first-order valence-electron chi connectivity index (χ1n) is 10.1. The number of hydrogen-bond donors (Lipinski definition) is 1. The number of nitrogens with one attached hydrogen (secondary N) is 1. The van der Waals surface area contributed by atoms with E-state index >= 15 is 0 Å². The highest BCUT2D eigenvalue weighted by atomic mass is 16.5. The van der Waals surface area contributed by atoms with Crippen molar-refractivity contribution in [3.8, 4) is 11.3 Å². The van der Waals surface area contributed by atoms with E-state index in [1.54, 1.807) is 19.6 Å². The molecule has 1 aliphatic carbocycles. The van der Waals surface area contributed by atoms with Gasteiger partial charge in [0.05, 0.1) is 31.3 Å². The van der Waals surface area contributed by atoms with Gasteiger partial charge >= 0.3 is 0 Å². The third-order valence-electron chi connectivity index (χ3n) is 5.45. The van der Waals surface area contributed by atoms with E-state index < -0.39 is 0 Å². The van der Waals surface area contributed by atoms with E-state index in [4.69, 9.17) is 13.9 Å². The lowest BCUT2D eigenvalue weighted by molar-refractivity contribution is -0.00408. The Morgan fingerprint density at radius 2 is 1.90 bits per heavy atom. The van der Waals surface area contributed by atoms with E-state index in [0.29, 0.717) is 18.8 Å². The molecule has 4 rings (SSSR count). The van der Waals surface area contributed by atoms with Crippen LogP contribution in [0.15, 0.2) is 53.3 Å². The minimum Gasteiger partial charge on any atom is -0.464 e. The summed E-state index contributed by atoms with van der Waals surface area (Å²) >= 11 is 0. The normalized spacial score (nSPS) is 19.3. The van der Waals surface area contributed by atoms with Crippen molar-refractivity contribution >= 4 is 16.9 Å². The van der Waals surface area contributed by atoms with Crippen molar-refractivity contribution in [3.05, 3.63) is 54.4 Å². The van der Waals surface area contributed by atoms with Gasteiger partial charge in [-0.25, -0.2) is 0 Å². The van der Waals surface area contributed by atoms with Crippen LogP contribution in [0.25, 0.3) is 22.2 Å². The highest BCUT2D eigenvalue weighted by molar-refractivity contribution is 5.96. The van der Waals surface area contributed by atoms with Gasteiger partial charge in [-0.15, -0.1) is 0 Å². The van der Waals surface area contributed by atoms with Crippen molar-refractivity contribution in [3.63, 3.8) is 0 Å². The summed E-state index contributed by atoms with van der Waals surface area (Å²) in [4.78, 5) is 17.1. The summed E-state index contributed by atoms with van der Waals surface area (Å²) in [7, 11) is 1.68. The fourth-order valence-corrected chi connectivity index (χ4v) is 3.84. The lowest BCUT2D eigenvalue weighted by atomic mass is 9.92. The molecule has 0 radical (unpaired) electrons. The zero-order valence-electron chi connectivity index (χ0n) is 16.6. The molecule has 3 aromatic rings. The summed E-state index contributed by atoms with van der Waals surface area (Å²) in [6, 6.07) is 11.5. The number of hydrogen-bond acceptors (Lipinski definition) is 5. The quantitative estimate of drug-likeness (QED) is 0.608. The Balaban J connectivity index is 1.34. The first-order valence-corrected chi connectivity index (χ1v) is 10.1. The second-order valence-corrected chi connectivity index (χ2v) is 7.38. The first-order chi connectivity index (χ1) is 14.2. The van der Waals surface area contributed by atoms with E-state index in [-0.39, 0.29) is 18.1 Å². The summed E-state index contributed by atoms with van der Waals surface area (Å²) < 4.78 is 16.3. The smallest absolute Gasteiger partial charge is 0.251 e. The third-order valence-corrected chi connectivity index (χ3v) is 5.45. The summed E-state index contributed by atoms with van der Waals surface area (Å²) in [6.45, 7) is 1.25. The molecule has 1 N–H and O–H groups in total. The number of ether oxygens (including phenoxy) is 2. The largest absolute Gasteiger partial charge is 0.464 e. The number of methoxy groups -OCH3 is 1. The van der Waals surface area contributed by atoms with Gasteiger partial charge in [-0.2, -0.15) is 0 Å². The van der Waals surface area contributed by atoms with Gasteiger partial charge in [0.1, 0.15) is 5.58 Å². The fraction of sp³-hybridized carbons (Fsp3) is 0.391. The van der Waals surface area contributed by atoms with Crippen molar-refractivity contribution in [1.82, 2.24) is 10.3 Å². The lowest BCUT2D eigenvalue weighted by Crippen LogP contribution is -2.39. The molecule has 1 saturated carbocycles. The molecule has 6 nitrogen and oxygen atoms in total. The van der Waals surface area contributed by atoms with Crippen LogP contribution < -0.4 is 5.32 Å². The van der Waals surface area contributed by atoms with Crippen molar-refractivity contribution in [2.45, 2.75) is 37.8 Å². The number of furan rings is 1. The molecular formula is C23H26N2O4. The fourth-order valence-electron chi connectivity index (χ4n) is 3.84. The van der Waals surface area contributed by atoms with Crippen LogP contribution >= 0.6 is 0 Å². The van der Waals surface area contributed by atoms with Gasteiger partial charge < -0.3 is 19.2 Å². The van der Waals surface area contributed by atoms with Crippen LogP contribution in [0.3, 0.4) is 0 Å².